The number of carbonyl (C=O) groups excluding carboxylic acids is 1. The van der Waals surface area contributed by atoms with Crippen LogP contribution in [0.5, 0.6) is 0 Å². The summed E-state index contributed by atoms with van der Waals surface area (Å²) in [5.41, 5.74) is 5.21. The summed E-state index contributed by atoms with van der Waals surface area (Å²) in [6.45, 7) is 6.21. The molecule has 0 spiro atoms. The van der Waals surface area contributed by atoms with E-state index in [0.717, 1.165) is 6.42 Å². The fraction of sp³-hybridized carbons (Fsp3) is 0.476. The highest BCUT2D eigenvalue weighted by molar-refractivity contribution is 7.99. The summed E-state index contributed by atoms with van der Waals surface area (Å²) in [6, 6.07) is 6.26. The van der Waals surface area contributed by atoms with Crippen molar-refractivity contribution in [2.24, 2.45) is 5.92 Å². The maximum absolute atomic E-state index is 12.8. The molecule has 176 valence electrons. The van der Waals surface area contributed by atoms with Crippen LogP contribution >= 0.6 is 11.8 Å². The molecule has 0 atom stereocenters. The molecule has 0 aliphatic heterocycles. The second-order valence-electron chi connectivity index (χ2n) is 7.70. The van der Waals surface area contributed by atoms with Crippen molar-refractivity contribution in [3.05, 3.63) is 45.1 Å². The molecule has 0 fully saturated rings. The van der Waals surface area contributed by atoms with Gasteiger partial charge in [-0.2, -0.15) is 8.78 Å². The Morgan fingerprint density at radius 1 is 1.28 bits per heavy atom. The number of aromatic amines is 1. The molecule has 0 aliphatic carbocycles. The van der Waals surface area contributed by atoms with E-state index in [9.17, 15) is 23.2 Å². The van der Waals surface area contributed by atoms with E-state index >= 15 is 0 Å². The number of hydrogen-bond donors (Lipinski definition) is 3. The number of nitrogens with zero attached hydrogens (tertiary/aromatic N) is 2. The van der Waals surface area contributed by atoms with E-state index in [-0.39, 0.29) is 34.6 Å². The number of para-hydroxylation sites is 1. The quantitative estimate of drug-likeness (QED) is 0.435. The zero-order valence-electron chi connectivity index (χ0n) is 18.4. The summed E-state index contributed by atoms with van der Waals surface area (Å²) in [5, 5.41) is 2.63. The molecule has 0 saturated heterocycles. The number of aromatic nitrogens is 2. The number of thioether (sulfide) groups is 1. The number of alkyl halides is 2. The lowest BCUT2D eigenvalue weighted by atomic mass is 10.2. The van der Waals surface area contributed by atoms with Crippen LogP contribution in [0.4, 0.5) is 26.0 Å². The molecule has 1 heterocycles. The number of halogens is 2. The van der Waals surface area contributed by atoms with E-state index in [2.05, 4.69) is 10.3 Å². The van der Waals surface area contributed by atoms with E-state index < -0.39 is 22.9 Å². The van der Waals surface area contributed by atoms with Crippen LogP contribution in [0.25, 0.3) is 0 Å². The van der Waals surface area contributed by atoms with E-state index in [1.54, 1.807) is 12.1 Å². The first-order valence-corrected chi connectivity index (χ1v) is 11.2. The summed E-state index contributed by atoms with van der Waals surface area (Å²) < 4.78 is 26.9. The predicted octanol–water partition coefficient (Wildman–Crippen LogP) is 3.33. The minimum atomic E-state index is -2.63. The molecule has 1 amide bonds. The lowest BCUT2D eigenvalue weighted by molar-refractivity contribution is -0.115. The van der Waals surface area contributed by atoms with Gasteiger partial charge in [0, 0.05) is 18.0 Å². The van der Waals surface area contributed by atoms with Crippen molar-refractivity contribution in [1.29, 1.82) is 0 Å². The number of anilines is 3. The first-order valence-electron chi connectivity index (χ1n) is 10.3. The molecule has 11 heteroatoms. The Morgan fingerprint density at radius 2 is 1.97 bits per heavy atom. The van der Waals surface area contributed by atoms with Crippen molar-refractivity contribution in [3.63, 3.8) is 0 Å². The third-order valence-corrected chi connectivity index (χ3v) is 5.36. The first kappa shape index (κ1) is 25.4. The topological polar surface area (TPSA) is 113 Å². The van der Waals surface area contributed by atoms with Crippen LogP contribution in [0.3, 0.4) is 0 Å². The largest absolute Gasteiger partial charge is 0.383 e. The van der Waals surface area contributed by atoms with Crippen LogP contribution in [0.1, 0.15) is 33.6 Å². The predicted molar refractivity (Wildman–Crippen MR) is 125 cm³/mol. The van der Waals surface area contributed by atoms with Crippen LogP contribution in [0, 0.1) is 5.92 Å². The van der Waals surface area contributed by atoms with Gasteiger partial charge < -0.3 is 16.0 Å². The maximum Gasteiger partial charge on any atom is 0.330 e. The van der Waals surface area contributed by atoms with Crippen molar-refractivity contribution < 1.29 is 13.6 Å². The van der Waals surface area contributed by atoms with Gasteiger partial charge in [0.1, 0.15) is 11.5 Å². The summed E-state index contributed by atoms with van der Waals surface area (Å²) in [4.78, 5) is 41.7. The van der Waals surface area contributed by atoms with Gasteiger partial charge in [-0.1, -0.05) is 51.1 Å². The number of benzene rings is 1. The van der Waals surface area contributed by atoms with Crippen molar-refractivity contribution in [2.45, 2.75) is 50.8 Å². The summed E-state index contributed by atoms with van der Waals surface area (Å²) in [6.07, 6.45) is 1.47. The normalized spacial score (nSPS) is 11.2. The van der Waals surface area contributed by atoms with Crippen LogP contribution in [0.2, 0.25) is 0 Å². The highest BCUT2D eigenvalue weighted by atomic mass is 32.2. The minimum Gasteiger partial charge on any atom is -0.383 e. The number of rotatable bonds is 11. The molecule has 0 bridgehead atoms. The smallest absolute Gasteiger partial charge is 0.330 e. The van der Waals surface area contributed by atoms with Gasteiger partial charge in [0.05, 0.1) is 12.2 Å². The summed E-state index contributed by atoms with van der Waals surface area (Å²) >= 11 is 0.336. The Balaban J connectivity index is 2.35. The van der Waals surface area contributed by atoms with Gasteiger partial charge in [0.2, 0.25) is 5.91 Å². The number of hydrogen-bond acceptors (Lipinski definition) is 6. The Bertz CT molecular complexity index is 1040. The van der Waals surface area contributed by atoms with Crippen LogP contribution in [-0.4, -0.2) is 34.3 Å². The fourth-order valence-electron chi connectivity index (χ4n) is 3.18. The molecule has 1 aromatic carbocycles. The Labute approximate surface area is 189 Å². The fourth-order valence-corrected chi connectivity index (χ4v) is 3.78. The average molecular weight is 470 g/mol. The number of nitrogen functional groups attached to an aromatic ring is 1. The maximum atomic E-state index is 12.8. The van der Waals surface area contributed by atoms with E-state index in [0.29, 0.717) is 31.3 Å². The molecule has 0 saturated carbocycles. The van der Waals surface area contributed by atoms with Gasteiger partial charge in [0.25, 0.3) is 11.3 Å². The minimum absolute atomic E-state index is 0.00925. The van der Waals surface area contributed by atoms with Crippen molar-refractivity contribution in [1.82, 2.24) is 9.55 Å². The second-order valence-corrected chi connectivity index (χ2v) is 8.73. The molecule has 2 aromatic rings. The number of carbonyl (C=O) groups is 1. The number of H-pyrrole nitrogens is 1. The highest BCUT2D eigenvalue weighted by Gasteiger charge is 2.22. The SMILES string of the molecule is CCCCN(CC(=O)Nc1ccccc1SC(F)F)c1c(N)n(CC(C)C)c(=O)[nH]c1=O. The van der Waals surface area contributed by atoms with Gasteiger partial charge in [-0.25, -0.2) is 4.79 Å². The number of amides is 1. The molecule has 0 radical (unpaired) electrons. The molecule has 0 unspecified atom stereocenters. The molecule has 2 rings (SSSR count). The lowest BCUT2D eigenvalue weighted by Gasteiger charge is -2.26. The van der Waals surface area contributed by atoms with E-state index in [1.807, 2.05) is 20.8 Å². The summed E-state index contributed by atoms with van der Waals surface area (Å²) in [7, 11) is 0. The van der Waals surface area contributed by atoms with E-state index in [4.69, 9.17) is 5.73 Å². The third-order valence-electron chi connectivity index (χ3n) is 4.57. The Morgan fingerprint density at radius 3 is 2.59 bits per heavy atom. The number of unbranched alkanes of at least 4 members (excludes halogenated alkanes) is 1. The molecular formula is C21H29F2N5O3S. The van der Waals surface area contributed by atoms with Crippen molar-refractivity contribution in [3.8, 4) is 0 Å². The molecule has 1 aromatic heterocycles. The molecule has 32 heavy (non-hydrogen) atoms. The second kappa shape index (κ2) is 11.7. The van der Waals surface area contributed by atoms with Crippen LogP contribution < -0.4 is 27.2 Å². The molecule has 4 N–H and O–H groups in total. The van der Waals surface area contributed by atoms with Gasteiger partial charge in [-0.3, -0.25) is 19.1 Å². The van der Waals surface area contributed by atoms with Crippen molar-refractivity contribution >= 4 is 34.9 Å². The van der Waals surface area contributed by atoms with Gasteiger partial charge in [-0.05, 0) is 24.5 Å². The molecular weight excluding hydrogens is 440 g/mol. The highest BCUT2D eigenvalue weighted by Crippen LogP contribution is 2.31. The molecule has 0 aliphatic rings. The third kappa shape index (κ3) is 6.84. The monoisotopic (exact) mass is 469 g/mol. The number of nitrogens with two attached hydrogens (primary N) is 1. The van der Waals surface area contributed by atoms with E-state index in [1.165, 1.54) is 21.6 Å². The Hall–Kier alpha value is -2.82. The van der Waals surface area contributed by atoms with Crippen molar-refractivity contribution in [2.75, 3.05) is 29.0 Å². The summed E-state index contributed by atoms with van der Waals surface area (Å²) in [5.74, 6) is -3.03. The average Bonchev–Trinajstić information content (AvgIpc) is 2.70. The molecule has 8 nitrogen and oxygen atoms in total. The van der Waals surface area contributed by atoms with Gasteiger partial charge in [0.15, 0.2) is 0 Å². The van der Waals surface area contributed by atoms with Crippen LogP contribution in [-0.2, 0) is 11.3 Å². The van der Waals surface area contributed by atoms with Gasteiger partial charge in [-0.15, -0.1) is 0 Å². The first-order chi connectivity index (χ1) is 15.1. The van der Waals surface area contributed by atoms with Gasteiger partial charge >= 0.3 is 5.69 Å². The number of nitrogens with one attached hydrogen (secondary N) is 2. The zero-order chi connectivity index (χ0) is 23.8. The van der Waals surface area contributed by atoms with Crippen LogP contribution in [0.15, 0.2) is 38.8 Å². The zero-order valence-corrected chi connectivity index (χ0v) is 19.2. The lowest BCUT2D eigenvalue weighted by Crippen LogP contribution is -2.42. The Kier molecular flexibility index (Phi) is 9.30. The standard InChI is InChI=1S/C21H29F2N5O3S/c1-4-5-10-27(17-18(24)28(11-13(2)3)21(31)26-19(17)30)12-16(29)25-14-8-6-7-9-15(14)32-20(22)23/h6-9,13,20H,4-5,10-12,24H2,1-3H3,(H,25,29)(H,26,30,31).